The standard InChI is InChI=1S/C24H25FN4O2/c25-20-7-6-17(16-29-21-5-2-1-4-18(21)22(30)15-27-29)14-19(20)23(31)28-12-9-24(10-13-28)8-3-11-26-24/h1-2,4-7,14-15,26H,3,8-13,16H2. The quantitative estimate of drug-likeness (QED) is 0.708. The van der Waals surface area contributed by atoms with Crippen LogP contribution in [0.25, 0.3) is 10.9 Å². The summed E-state index contributed by atoms with van der Waals surface area (Å²) in [4.78, 5) is 26.9. The van der Waals surface area contributed by atoms with Crippen LogP contribution in [0.3, 0.4) is 0 Å². The van der Waals surface area contributed by atoms with Gasteiger partial charge in [-0.05, 0) is 62.1 Å². The van der Waals surface area contributed by atoms with Gasteiger partial charge in [0.05, 0.1) is 23.8 Å². The third-order valence-corrected chi connectivity index (χ3v) is 6.70. The first-order valence-electron chi connectivity index (χ1n) is 10.8. The first-order valence-corrected chi connectivity index (χ1v) is 10.8. The van der Waals surface area contributed by atoms with Gasteiger partial charge in [0.15, 0.2) is 0 Å². The molecule has 0 radical (unpaired) electrons. The molecule has 2 aliphatic rings. The SMILES string of the molecule is O=C(c1cc(Cn2ncc(=O)c3ccccc32)ccc1F)N1CCC2(CCCN2)CC1. The van der Waals surface area contributed by atoms with Crippen LogP contribution in [-0.2, 0) is 6.54 Å². The molecule has 3 aromatic rings. The first kappa shape index (κ1) is 19.9. The van der Waals surface area contributed by atoms with E-state index < -0.39 is 5.82 Å². The van der Waals surface area contributed by atoms with Gasteiger partial charge in [-0.1, -0.05) is 18.2 Å². The van der Waals surface area contributed by atoms with Gasteiger partial charge < -0.3 is 10.2 Å². The Morgan fingerprint density at radius 1 is 1.13 bits per heavy atom. The molecule has 6 nitrogen and oxygen atoms in total. The number of fused-ring (bicyclic) bond motifs is 1. The van der Waals surface area contributed by atoms with Crippen molar-refractivity contribution in [3.05, 3.63) is 75.8 Å². The van der Waals surface area contributed by atoms with E-state index >= 15 is 0 Å². The van der Waals surface area contributed by atoms with Crippen LogP contribution in [0, 0.1) is 5.82 Å². The molecule has 1 spiro atoms. The van der Waals surface area contributed by atoms with Crippen LogP contribution in [0.1, 0.15) is 41.6 Å². The van der Waals surface area contributed by atoms with Crippen LogP contribution < -0.4 is 10.7 Å². The Kier molecular flexibility index (Phi) is 5.06. The van der Waals surface area contributed by atoms with Crippen molar-refractivity contribution in [3.63, 3.8) is 0 Å². The Bertz CT molecular complexity index is 1190. The number of hydrogen-bond acceptors (Lipinski definition) is 4. The number of nitrogens with zero attached hydrogens (tertiary/aromatic N) is 3. The number of benzene rings is 2. The van der Waals surface area contributed by atoms with Crippen LogP contribution in [-0.4, -0.2) is 45.8 Å². The van der Waals surface area contributed by atoms with E-state index in [4.69, 9.17) is 0 Å². The highest BCUT2D eigenvalue weighted by Crippen LogP contribution is 2.31. The molecule has 5 rings (SSSR count). The summed E-state index contributed by atoms with van der Waals surface area (Å²) in [5, 5.41) is 8.41. The van der Waals surface area contributed by atoms with Gasteiger partial charge in [-0.2, -0.15) is 5.10 Å². The average Bonchev–Trinajstić information content (AvgIpc) is 3.25. The fourth-order valence-electron chi connectivity index (χ4n) is 4.90. The highest BCUT2D eigenvalue weighted by molar-refractivity contribution is 5.94. The van der Waals surface area contributed by atoms with Crippen LogP contribution in [0.5, 0.6) is 0 Å². The molecule has 3 heterocycles. The minimum atomic E-state index is -0.509. The maximum absolute atomic E-state index is 14.6. The van der Waals surface area contributed by atoms with Gasteiger partial charge in [0, 0.05) is 24.0 Å². The fraction of sp³-hybridized carbons (Fsp3) is 0.375. The fourth-order valence-corrected chi connectivity index (χ4v) is 4.90. The van der Waals surface area contributed by atoms with E-state index in [1.165, 1.54) is 18.7 Å². The molecular weight excluding hydrogens is 395 g/mol. The van der Waals surface area contributed by atoms with E-state index in [0.717, 1.165) is 31.4 Å². The highest BCUT2D eigenvalue weighted by atomic mass is 19.1. The summed E-state index contributed by atoms with van der Waals surface area (Å²) in [6, 6.07) is 11.9. The van der Waals surface area contributed by atoms with Crippen molar-refractivity contribution in [1.82, 2.24) is 20.0 Å². The zero-order valence-corrected chi connectivity index (χ0v) is 17.3. The van der Waals surface area contributed by atoms with Gasteiger partial charge in [0.25, 0.3) is 5.91 Å². The maximum atomic E-state index is 14.6. The molecule has 1 N–H and O–H groups in total. The van der Waals surface area contributed by atoms with E-state index in [2.05, 4.69) is 10.4 Å². The second-order valence-corrected chi connectivity index (χ2v) is 8.60. The first-order chi connectivity index (χ1) is 15.0. The summed E-state index contributed by atoms with van der Waals surface area (Å²) in [5.41, 5.74) is 1.59. The summed E-state index contributed by atoms with van der Waals surface area (Å²) in [6.07, 6.45) is 5.44. The van der Waals surface area contributed by atoms with Crippen molar-refractivity contribution in [2.45, 2.75) is 37.8 Å². The Morgan fingerprint density at radius 2 is 1.94 bits per heavy atom. The van der Waals surface area contributed by atoms with E-state index in [1.54, 1.807) is 27.8 Å². The smallest absolute Gasteiger partial charge is 0.256 e. The number of carbonyl (C=O) groups is 1. The number of nitrogens with one attached hydrogen (secondary N) is 1. The molecule has 2 aromatic carbocycles. The molecule has 7 heteroatoms. The van der Waals surface area contributed by atoms with Crippen molar-refractivity contribution in [2.24, 2.45) is 0 Å². The number of para-hydroxylation sites is 1. The van der Waals surface area contributed by atoms with Gasteiger partial charge in [0.1, 0.15) is 5.82 Å². The monoisotopic (exact) mass is 420 g/mol. The summed E-state index contributed by atoms with van der Waals surface area (Å²) >= 11 is 0. The summed E-state index contributed by atoms with van der Waals surface area (Å²) in [5.74, 6) is -0.768. The molecule has 0 saturated carbocycles. The normalized spacial score (nSPS) is 18.0. The molecule has 0 bridgehead atoms. The second-order valence-electron chi connectivity index (χ2n) is 8.60. The van der Waals surface area contributed by atoms with Gasteiger partial charge in [-0.15, -0.1) is 0 Å². The van der Waals surface area contributed by atoms with Crippen LogP contribution >= 0.6 is 0 Å². The average molecular weight is 420 g/mol. The largest absolute Gasteiger partial charge is 0.338 e. The third-order valence-electron chi connectivity index (χ3n) is 6.70. The van der Waals surface area contributed by atoms with Crippen LogP contribution in [0.2, 0.25) is 0 Å². The van der Waals surface area contributed by atoms with Gasteiger partial charge in [-0.25, -0.2) is 4.39 Å². The van der Waals surface area contributed by atoms with Gasteiger partial charge in [0.2, 0.25) is 5.43 Å². The molecule has 2 fully saturated rings. The number of aromatic nitrogens is 2. The summed E-state index contributed by atoms with van der Waals surface area (Å²) in [7, 11) is 0. The van der Waals surface area contributed by atoms with Gasteiger partial charge >= 0.3 is 0 Å². The number of halogens is 1. The molecule has 1 aromatic heterocycles. The highest BCUT2D eigenvalue weighted by Gasteiger charge is 2.38. The van der Waals surface area contributed by atoms with E-state index in [1.807, 2.05) is 18.2 Å². The number of piperidine rings is 1. The van der Waals surface area contributed by atoms with Gasteiger partial charge in [-0.3, -0.25) is 14.3 Å². The second kappa shape index (κ2) is 7.89. The molecule has 0 aliphatic carbocycles. The van der Waals surface area contributed by atoms with Crippen LogP contribution in [0.15, 0.2) is 53.5 Å². The zero-order valence-electron chi connectivity index (χ0n) is 17.3. The van der Waals surface area contributed by atoms with E-state index in [0.29, 0.717) is 30.5 Å². The van der Waals surface area contributed by atoms with Crippen molar-refractivity contribution in [3.8, 4) is 0 Å². The number of rotatable bonds is 3. The Morgan fingerprint density at radius 3 is 2.71 bits per heavy atom. The lowest BCUT2D eigenvalue weighted by Gasteiger charge is -2.39. The number of carbonyl (C=O) groups excluding carboxylic acids is 1. The predicted octanol–water partition coefficient (Wildman–Crippen LogP) is 2.94. The molecule has 160 valence electrons. The summed E-state index contributed by atoms with van der Waals surface area (Å²) in [6.45, 7) is 2.66. The third kappa shape index (κ3) is 3.74. The molecule has 1 amide bonds. The predicted molar refractivity (Wildman–Crippen MR) is 117 cm³/mol. The van der Waals surface area contributed by atoms with Crippen molar-refractivity contribution >= 4 is 16.8 Å². The molecule has 0 atom stereocenters. The van der Waals surface area contributed by atoms with Crippen molar-refractivity contribution in [1.29, 1.82) is 0 Å². The van der Waals surface area contributed by atoms with Crippen LogP contribution in [0.4, 0.5) is 4.39 Å². The lowest BCUT2D eigenvalue weighted by molar-refractivity contribution is 0.0652. The van der Waals surface area contributed by atoms with Crippen molar-refractivity contribution in [2.75, 3.05) is 19.6 Å². The van der Waals surface area contributed by atoms with E-state index in [9.17, 15) is 14.0 Å². The maximum Gasteiger partial charge on any atom is 0.256 e. The van der Waals surface area contributed by atoms with E-state index in [-0.39, 0.29) is 22.4 Å². The number of likely N-dealkylation sites (tertiary alicyclic amines) is 1. The number of amides is 1. The minimum Gasteiger partial charge on any atom is -0.338 e. The molecule has 0 unspecified atom stereocenters. The van der Waals surface area contributed by atoms with Crippen molar-refractivity contribution < 1.29 is 9.18 Å². The zero-order chi connectivity index (χ0) is 21.4. The Labute approximate surface area is 179 Å². The lowest BCUT2D eigenvalue weighted by atomic mass is 9.86. The lowest BCUT2D eigenvalue weighted by Crippen LogP contribution is -2.51. The summed E-state index contributed by atoms with van der Waals surface area (Å²) < 4.78 is 16.3. The molecule has 31 heavy (non-hydrogen) atoms. The molecular formula is C24H25FN4O2. The molecule has 2 aliphatic heterocycles. The molecule has 2 saturated heterocycles. The Hall–Kier alpha value is -3.06. The minimum absolute atomic E-state index is 0.0955. The Balaban J connectivity index is 1.38. The topological polar surface area (TPSA) is 67.2 Å². The number of hydrogen-bond donors (Lipinski definition) is 1.